The predicted molar refractivity (Wildman–Crippen MR) is 46.5 cm³/mol. The van der Waals surface area contributed by atoms with E-state index < -0.39 is 11.9 Å². The van der Waals surface area contributed by atoms with Crippen molar-refractivity contribution >= 4 is 0 Å². The first-order chi connectivity index (χ1) is 6.45. The summed E-state index contributed by atoms with van der Waals surface area (Å²) in [5, 5.41) is 0. The van der Waals surface area contributed by atoms with Gasteiger partial charge in [-0.05, 0) is 18.6 Å². The quantitative estimate of drug-likeness (QED) is 0.634. The van der Waals surface area contributed by atoms with Crippen LogP contribution in [0.15, 0.2) is 18.3 Å². The first kappa shape index (κ1) is 10.6. The minimum absolute atomic E-state index is 0.218. The standard InChI is InChI=1S/C10H8F3N/c1-3-7(2)8-4-5-9(14-6-8)10(11,12)13/h1,4-7H,2H3/t7-/m1/s1. The molecule has 14 heavy (non-hydrogen) atoms. The minimum atomic E-state index is -4.39. The monoisotopic (exact) mass is 199 g/mol. The lowest BCUT2D eigenvalue weighted by atomic mass is 10.0. The van der Waals surface area contributed by atoms with E-state index >= 15 is 0 Å². The lowest BCUT2D eigenvalue weighted by Gasteiger charge is -2.07. The Morgan fingerprint density at radius 3 is 2.43 bits per heavy atom. The Hall–Kier alpha value is -1.50. The number of hydrogen-bond donors (Lipinski definition) is 0. The summed E-state index contributed by atoms with van der Waals surface area (Å²) in [5.74, 6) is 2.20. The van der Waals surface area contributed by atoms with Crippen molar-refractivity contribution in [2.24, 2.45) is 0 Å². The van der Waals surface area contributed by atoms with Crippen molar-refractivity contribution in [1.82, 2.24) is 4.98 Å². The summed E-state index contributed by atoms with van der Waals surface area (Å²) < 4.78 is 36.3. The molecule has 0 bridgehead atoms. The van der Waals surface area contributed by atoms with Crippen molar-refractivity contribution in [3.05, 3.63) is 29.6 Å². The number of hydrogen-bond acceptors (Lipinski definition) is 1. The molecule has 1 aromatic heterocycles. The van der Waals surface area contributed by atoms with Crippen LogP contribution in [-0.4, -0.2) is 4.98 Å². The number of aromatic nitrogens is 1. The maximum absolute atomic E-state index is 12.1. The van der Waals surface area contributed by atoms with Gasteiger partial charge in [-0.15, -0.1) is 6.42 Å². The maximum atomic E-state index is 12.1. The number of nitrogens with zero attached hydrogens (tertiary/aromatic N) is 1. The van der Waals surface area contributed by atoms with E-state index in [1.165, 1.54) is 6.07 Å². The molecule has 1 aromatic rings. The van der Waals surface area contributed by atoms with Gasteiger partial charge in [0.05, 0.1) is 0 Å². The molecule has 1 nitrogen and oxygen atoms in total. The van der Waals surface area contributed by atoms with Crippen LogP contribution >= 0.6 is 0 Å². The van der Waals surface area contributed by atoms with Gasteiger partial charge in [-0.25, -0.2) is 0 Å². The van der Waals surface area contributed by atoms with Crippen LogP contribution in [0.4, 0.5) is 13.2 Å². The molecular weight excluding hydrogens is 191 g/mol. The number of pyridine rings is 1. The van der Waals surface area contributed by atoms with Gasteiger partial charge in [-0.2, -0.15) is 13.2 Å². The summed E-state index contributed by atoms with van der Waals surface area (Å²) in [6.45, 7) is 1.73. The summed E-state index contributed by atoms with van der Waals surface area (Å²) in [4.78, 5) is 3.30. The van der Waals surface area contributed by atoms with Crippen LogP contribution < -0.4 is 0 Å². The van der Waals surface area contributed by atoms with Gasteiger partial charge in [0.15, 0.2) is 0 Å². The van der Waals surface area contributed by atoms with E-state index in [1.54, 1.807) is 6.92 Å². The van der Waals surface area contributed by atoms with Gasteiger partial charge in [0.2, 0.25) is 0 Å². The zero-order valence-electron chi connectivity index (χ0n) is 7.47. The van der Waals surface area contributed by atoms with Gasteiger partial charge in [0, 0.05) is 12.1 Å². The van der Waals surface area contributed by atoms with E-state index in [9.17, 15) is 13.2 Å². The van der Waals surface area contributed by atoms with Gasteiger partial charge < -0.3 is 0 Å². The maximum Gasteiger partial charge on any atom is 0.433 e. The molecule has 74 valence electrons. The third-order valence-corrected chi connectivity index (χ3v) is 1.83. The lowest BCUT2D eigenvalue weighted by Crippen LogP contribution is -2.08. The van der Waals surface area contributed by atoms with Crippen molar-refractivity contribution < 1.29 is 13.2 Å². The van der Waals surface area contributed by atoms with Crippen LogP contribution in [0.3, 0.4) is 0 Å². The molecule has 0 unspecified atom stereocenters. The van der Waals surface area contributed by atoms with Gasteiger partial charge in [0.25, 0.3) is 0 Å². The molecule has 0 aliphatic rings. The Morgan fingerprint density at radius 2 is 2.07 bits per heavy atom. The van der Waals surface area contributed by atoms with Gasteiger partial charge in [-0.1, -0.05) is 12.0 Å². The van der Waals surface area contributed by atoms with Crippen molar-refractivity contribution in [2.75, 3.05) is 0 Å². The largest absolute Gasteiger partial charge is 0.433 e. The summed E-state index contributed by atoms with van der Waals surface area (Å²) in [7, 11) is 0. The number of terminal acetylenes is 1. The fourth-order valence-corrected chi connectivity index (χ4v) is 0.925. The normalized spacial score (nSPS) is 13.4. The summed E-state index contributed by atoms with van der Waals surface area (Å²) in [6, 6.07) is 2.28. The molecule has 0 N–H and O–H groups in total. The van der Waals surface area contributed by atoms with Gasteiger partial charge >= 0.3 is 6.18 Å². The molecule has 0 aromatic carbocycles. The minimum Gasteiger partial charge on any atom is -0.251 e. The first-order valence-corrected chi connectivity index (χ1v) is 3.94. The smallest absolute Gasteiger partial charge is 0.251 e. The van der Waals surface area contributed by atoms with Crippen LogP contribution in [0.2, 0.25) is 0 Å². The van der Waals surface area contributed by atoms with Crippen molar-refractivity contribution in [3.8, 4) is 12.3 Å². The predicted octanol–water partition coefficient (Wildman–Crippen LogP) is 2.84. The molecule has 1 atom stereocenters. The van der Waals surface area contributed by atoms with E-state index in [1.807, 2.05) is 0 Å². The van der Waals surface area contributed by atoms with Crippen molar-refractivity contribution in [2.45, 2.75) is 19.0 Å². The third-order valence-electron chi connectivity index (χ3n) is 1.83. The second-order valence-electron chi connectivity index (χ2n) is 2.86. The molecule has 0 radical (unpaired) electrons. The summed E-state index contributed by atoms with van der Waals surface area (Å²) >= 11 is 0. The zero-order valence-corrected chi connectivity index (χ0v) is 7.47. The Bertz CT molecular complexity index is 345. The van der Waals surface area contributed by atoms with E-state index in [0.717, 1.165) is 12.3 Å². The Labute approximate surface area is 80.0 Å². The highest BCUT2D eigenvalue weighted by Gasteiger charge is 2.32. The van der Waals surface area contributed by atoms with E-state index in [2.05, 4.69) is 10.9 Å². The average molecular weight is 199 g/mol. The molecule has 0 spiro atoms. The lowest BCUT2D eigenvalue weighted by molar-refractivity contribution is -0.141. The topological polar surface area (TPSA) is 12.9 Å². The van der Waals surface area contributed by atoms with Crippen LogP contribution in [0.5, 0.6) is 0 Å². The Kier molecular flexibility index (Phi) is 2.80. The third kappa shape index (κ3) is 2.25. The number of halogens is 3. The molecule has 0 saturated heterocycles. The van der Waals surface area contributed by atoms with Crippen LogP contribution in [0.1, 0.15) is 24.1 Å². The second kappa shape index (κ2) is 3.70. The molecule has 4 heteroatoms. The molecule has 0 aliphatic heterocycles. The van der Waals surface area contributed by atoms with Crippen LogP contribution in [0, 0.1) is 12.3 Å². The van der Waals surface area contributed by atoms with Gasteiger partial charge in [0.1, 0.15) is 5.69 Å². The van der Waals surface area contributed by atoms with Crippen molar-refractivity contribution in [1.29, 1.82) is 0 Å². The molecule has 0 amide bonds. The Morgan fingerprint density at radius 1 is 1.43 bits per heavy atom. The molecule has 1 rings (SSSR count). The highest BCUT2D eigenvalue weighted by molar-refractivity contribution is 5.24. The summed E-state index contributed by atoms with van der Waals surface area (Å²) in [6.07, 6.45) is 1.90. The van der Waals surface area contributed by atoms with Crippen LogP contribution in [0.25, 0.3) is 0 Å². The molecule has 0 aliphatic carbocycles. The van der Waals surface area contributed by atoms with E-state index in [4.69, 9.17) is 6.42 Å². The SMILES string of the molecule is C#C[C@@H](C)c1ccc(C(F)(F)F)nc1. The first-order valence-electron chi connectivity index (χ1n) is 3.94. The highest BCUT2D eigenvalue weighted by atomic mass is 19.4. The Balaban J connectivity index is 2.96. The van der Waals surface area contributed by atoms with E-state index in [-0.39, 0.29) is 5.92 Å². The fraction of sp³-hybridized carbons (Fsp3) is 0.300. The molecule has 0 saturated carbocycles. The van der Waals surface area contributed by atoms with E-state index in [0.29, 0.717) is 5.56 Å². The highest BCUT2D eigenvalue weighted by Crippen LogP contribution is 2.27. The molecular formula is C10H8F3N. The van der Waals surface area contributed by atoms with Crippen LogP contribution in [-0.2, 0) is 6.18 Å². The second-order valence-corrected chi connectivity index (χ2v) is 2.86. The summed E-state index contributed by atoms with van der Waals surface area (Å²) in [5.41, 5.74) is -0.286. The number of rotatable bonds is 1. The average Bonchev–Trinajstić information content (AvgIpc) is 2.15. The molecule has 1 heterocycles. The molecule has 0 fully saturated rings. The fourth-order valence-electron chi connectivity index (χ4n) is 0.925. The zero-order chi connectivity index (χ0) is 10.8. The van der Waals surface area contributed by atoms with Crippen molar-refractivity contribution in [3.63, 3.8) is 0 Å². The number of alkyl halides is 3. The van der Waals surface area contributed by atoms with Gasteiger partial charge in [-0.3, -0.25) is 4.98 Å².